The number of nitrogens with zero attached hydrogens (tertiary/aromatic N) is 3. The number of benzene rings is 1. The zero-order valence-corrected chi connectivity index (χ0v) is 14.9. The van der Waals surface area contributed by atoms with Crippen molar-refractivity contribution in [3.05, 3.63) is 24.4 Å². The second kappa shape index (κ2) is 9.27. The molecule has 1 aliphatic rings. The molecule has 0 bridgehead atoms. The van der Waals surface area contributed by atoms with Crippen molar-refractivity contribution in [2.24, 2.45) is 0 Å². The predicted octanol–water partition coefficient (Wildman–Crippen LogP) is 2.87. The Balaban J connectivity index is 0.00000192. The van der Waals surface area contributed by atoms with Gasteiger partial charge in [0.1, 0.15) is 0 Å². The van der Waals surface area contributed by atoms with Crippen LogP contribution in [0.4, 0.5) is 0 Å². The third-order valence-corrected chi connectivity index (χ3v) is 4.79. The number of hydrogen-bond acceptors (Lipinski definition) is 6. The summed E-state index contributed by atoms with van der Waals surface area (Å²) < 4.78 is 10.4. The summed E-state index contributed by atoms with van der Waals surface area (Å²) in [4.78, 5) is 12.2. The number of methoxy groups -OCH3 is 1. The number of hydrogen-bond donors (Lipinski definition) is 0. The van der Waals surface area contributed by atoms with Gasteiger partial charge in [0, 0.05) is 29.6 Å². The summed E-state index contributed by atoms with van der Waals surface area (Å²) in [6.07, 6.45) is 2.99. The lowest BCUT2D eigenvalue weighted by Crippen LogP contribution is -2.36. The van der Waals surface area contributed by atoms with Crippen molar-refractivity contribution >= 4 is 35.1 Å². The van der Waals surface area contributed by atoms with Gasteiger partial charge < -0.3 is 9.47 Å². The number of rotatable bonds is 6. The molecule has 0 saturated carbocycles. The fourth-order valence-electron chi connectivity index (χ4n) is 2.48. The van der Waals surface area contributed by atoms with Gasteiger partial charge in [-0.25, -0.2) is 4.98 Å². The molecular formula is C16H22ClN3O2S. The van der Waals surface area contributed by atoms with Crippen LogP contribution in [0.25, 0.3) is 10.9 Å². The Morgan fingerprint density at radius 3 is 2.91 bits per heavy atom. The van der Waals surface area contributed by atoms with Crippen molar-refractivity contribution in [3.8, 4) is 6.01 Å². The van der Waals surface area contributed by atoms with Crippen LogP contribution in [0.5, 0.6) is 6.01 Å². The van der Waals surface area contributed by atoms with Crippen LogP contribution in [-0.2, 0) is 4.74 Å². The van der Waals surface area contributed by atoms with Gasteiger partial charge in [-0.15, -0.1) is 24.2 Å². The minimum absolute atomic E-state index is 0. The number of fused-ring (bicyclic) bond motifs is 1. The molecule has 5 nitrogen and oxygen atoms in total. The van der Waals surface area contributed by atoms with E-state index < -0.39 is 0 Å². The predicted molar refractivity (Wildman–Crippen MR) is 95.9 cm³/mol. The summed E-state index contributed by atoms with van der Waals surface area (Å²) in [6, 6.07) is 6.73. The molecule has 1 aromatic heterocycles. The molecule has 0 N–H and O–H groups in total. The highest BCUT2D eigenvalue weighted by molar-refractivity contribution is 7.99. The van der Waals surface area contributed by atoms with Crippen molar-refractivity contribution in [1.29, 1.82) is 0 Å². The smallest absolute Gasteiger partial charge is 0.316 e. The molecule has 2 heterocycles. The minimum Gasteiger partial charge on any atom is -0.467 e. The van der Waals surface area contributed by atoms with Gasteiger partial charge in [0.25, 0.3) is 0 Å². The fourth-order valence-corrected chi connectivity index (χ4v) is 3.35. The first-order valence-corrected chi connectivity index (χ1v) is 8.57. The molecular weight excluding hydrogens is 334 g/mol. The van der Waals surface area contributed by atoms with Crippen LogP contribution < -0.4 is 4.74 Å². The first kappa shape index (κ1) is 18.3. The van der Waals surface area contributed by atoms with Crippen LogP contribution in [0.3, 0.4) is 0 Å². The van der Waals surface area contributed by atoms with Crippen molar-refractivity contribution in [2.45, 2.75) is 11.3 Å². The zero-order chi connectivity index (χ0) is 15.2. The molecule has 0 aliphatic carbocycles. The molecule has 1 aromatic carbocycles. The van der Waals surface area contributed by atoms with E-state index >= 15 is 0 Å². The first-order valence-electron chi connectivity index (χ1n) is 7.59. The maximum atomic E-state index is 5.37. The number of ether oxygens (including phenoxy) is 2. The largest absolute Gasteiger partial charge is 0.467 e. The van der Waals surface area contributed by atoms with E-state index in [9.17, 15) is 0 Å². The lowest BCUT2D eigenvalue weighted by Gasteiger charge is -2.26. The summed E-state index contributed by atoms with van der Waals surface area (Å²) in [5, 5.41) is 1.04. The van der Waals surface area contributed by atoms with Crippen molar-refractivity contribution < 1.29 is 9.47 Å². The Kier molecular flexibility index (Phi) is 7.36. The molecule has 0 amide bonds. The summed E-state index contributed by atoms with van der Waals surface area (Å²) in [5.41, 5.74) is 0.935. The minimum atomic E-state index is 0. The maximum absolute atomic E-state index is 5.37. The van der Waals surface area contributed by atoms with Crippen LogP contribution in [-0.4, -0.2) is 60.6 Å². The normalized spacial score (nSPS) is 15.3. The Morgan fingerprint density at radius 1 is 1.30 bits per heavy atom. The molecule has 23 heavy (non-hydrogen) atoms. The Morgan fingerprint density at radius 2 is 2.13 bits per heavy atom. The summed E-state index contributed by atoms with van der Waals surface area (Å²) in [6.45, 7) is 5.04. The third kappa shape index (κ3) is 5.21. The van der Waals surface area contributed by atoms with E-state index in [0.29, 0.717) is 6.01 Å². The van der Waals surface area contributed by atoms with E-state index in [1.165, 1.54) is 11.3 Å². The van der Waals surface area contributed by atoms with Gasteiger partial charge in [-0.2, -0.15) is 4.98 Å². The Labute approximate surface area is 147 Å². The van der Waals surface area contributed by atoms with E-state index in [4.69, 9.17) is 9.47 Å². The fraction of sp³-hybridized carbons (Fsp3) is 0.500. The van der Waals surface area contributed by atoms with E-state index in [0.717, 1.165) is 49.5 Å². The molecule has 0 spiro atoms. The number of morpholine rings is 1. The average molecular weight is 356 g/mol. The average Bonchev–Trinajstić information content (AvgIpc) is 2.59. The van der Waals surface area contributed by atoms with E-state index in [1.54, 1.807) is 13.3 Å². The molecule has 126 valence electrons. The van der Waals surface area contributed by atoms with Crippen LogP contribution in [0, 0.1) is 0 Å². The molecule has 0 atom stereocenters. The topological polar surface area (TPSA) is 47.5 Å². The van der Waals surface area contributed by atoms with Gasteiger partial charge in [0.15, 0.2) is 0 Å². The summed E-state index contributed by atoms with van der Waals surface area (Å²) >= 11 is 1.88. The molecule has 3 rings (SSSR count). The maximum Gasteiger partial charge on any atom is 0.316 e. The lowest BCUT2D eigenvalue weighted by molar-refractivity contribution is 0.0381. The highest BCUT2D eigenvalue weighted by atomic mass is 35.5. The van der Waals surface area contributed by atoms with Gasteiger partial charge in [-0.1, -0.05) is 6.07 Å². The molecule has 2 aromatic rings. The SMILES string of the molecule is COc1ncc2ccc(SCCCN3CCOCC3)cc2n1.Cl. The molecule has 0 radical (unpaired) electrons. The van der Waals surface area contributed by atoms with Crippen LogP contribution >= 0.6 is 24.2 Å². The molecule has 1 aliphatic heterocycles. The second-order valence-electron chi connectivity index (χ2n) is 5.23. The quantitative estimate of drug-likeness (QED) is 0.586. The van der Waals surface area contributed by atoms with E-state index in [-0.39, 0.29) is 12.4 Å². The van der Waals surface area contributed by atoms with Gasteiger partial charge >= 0.3 is 6.01 Å². The van der Waals surface area contributed by atoms with E-state index in [1.807, 2.05) is 11.8 Å². The zero-order valence-electron chi connectivity index (χ0n) is 13.2. The van der Waals surface area contributed by atoms with Crippen molar-refractivity contribution in [3.63, 3.8) is 0 Å². The summed E-state index contributed by atoms with van der Waals surface area (Å²) in [7, 11) is 1.59. The van der Waals surface area contributed by atoms with Crippen LogP contribution in [0.1, 0.15) is 6.42 Å². The van der Waals surface area contributed by atoms with Gasteiger partial charge in [-0.3, -0.25) is 4.90 Å². The molecule has 1 fully saturated rings. The van der Waals surface area contributed by atoms with Crippen molar-refractivity contribution in [1.82, 2.24) is 14.9 Å². The van der Waals surface area contributed by atoms with Gasteiger partial charge in [0.05, 0.1) is 25.8 Å². The van der Waals surface area contributed by atoms with E-state index in [2.05, 4.69) is 33.1 Å². The highest BCUT2D eigenvalue weighted by Crippen LogP contribution is 2.23. The monoisotopic (exact) mass is 355 g/mol. The number of aromatic nitrogens is 2. The standard InChI is InChI=1S/C16H21N3O2S.ClH/c1-20-16-17-12-13-3-4-14(11-15(13)18-16)22-10-2-5-19-6-8-21-9-7-19;/h3-4,11-12H,2,5-10H2,1H3;1H. The van der Waals surface area contributed by atoms with Crippen LogP contribution in [0.15, 0.2) is 29.3 Å². The van der Waals surface area contributed by atoms with Crippen molar-refractivity contribution in [2.75, 3.05) is 45.7 Å². The summed E-state index contributed by atoms with van der Waals surface area (Å²) in [5.74, 6) is 1.12. The number of halogens is 1. The number of thioether (sulfide) groups is 1. The Bertz CT molecular complexity index is 623. The molecule has 1 saturated heterocycles. The Hall–Kier alpha value is -1.08. The lowest BCUT2D eigenvalue weighted by atomic mass is 10.2. The van der Waals surface area contributed by atoms with Gasteiger partial charge in [-0.05, 0) is 30.9 Å². The first-order chi connectivity index (χ1) is 10.8. The third-order valence-electron chi connectivity index (χ3n) is 3.71. The van der Waals surface area contributed by atoms with Crippen LogP contribution in [0.2, 0.25) is 0 Å². The van der Waals surface area contributed by atoms with Gasteiger partial charge in [0.2, 0.25) is 0 Å². The molecule has 0 unspecified atom stereocenters. The molecule has 7 heteroatoms. The highest BCUT2D eigenvalue weighted by Gasteiger charge is 2.09. The second-order valence-corrected chi connectivity index (χ2v) is 6.40.